The fourth-order valence-corrected chi connectivity index (χ4v) is 2.87. The second kappa shape index (κ2) is 5.43. The molecule has 0 spiro atoms. The highest BCUT2D eigenvalue weighted by atomic mass is 79.9. The van der Waals surface area contributed by atoms with Crippen molar-refractivity contribution in [2.45, 2.75) is 19.2 Å². The number of aromatic nitrogens is 2. The van der Waals surface area contributed by atoms with Gasteiger partial charge in [-0.3, -0.25) is 4.57 Å². The standard InChI is InChI=1S/C16H13BrClFN2/c1-9-7-12(4-5-13(9)19)21-15-6-3-11(17)8-14(15)20-16(21)10(2)18/h3-8,10H,1-2H3. The minimum absolute atomic E-state index is 0.216. The Morgan fingerprint density at radius 3 is 2.67 bits per heavy atom. The van der Waals surface area contributed by atoms with Crippen LogP contribution in [0, 0.1) is 12.7 Å². The quantitative estimate of drug-likeness (QED) is 0.544. The van der Waals surface area contributed by atoms with Gasteiger partial charge in [-0.1, -0.05) is 15.9 Å². The third-order valence-corrected chi connectivity index (χ3v) is 4.09. The molecule has 108 valence electrons. The zero-order valence-corrected chi connectivity index (χ0v) is 13.9. The van der Waals surface area contributed by atoms with Crippen LogP contribution < -0.4 is 0 Å². The van der Waals surface area contributed by atoms with Crippen molar-refractivity contribution < 1.29 is 4.39 Å². The van der Waals surface area contributed by atoms with Gasteiger partial charge in [0.2, 0.25) is 0 Å². The maximum Gasteiger partial charge on any atom is 0.132 e. The molecule has 2 aromatic carbocycles. The first-order valence-electron chi connectivity index (χ1n) is 6.56. The second-order valence-electron chi connectivity index (χ2n) is 4.99. The first kappa shape index (κ1) is 14.5. The van der Waals surface area contributed by atoms with Gasteiger partial charge in [0.05, 0.1) is 16.4 Å². The molecule has 1 unspecified atom stereocenters. The molecule has 1 heterocycles. The molecule has 3 rings (SSSR count). The fraction of sp³-hybridized carbons (Fsp3) is 0.188. The highest BCUT2D eigenvalue weighted by Gasteiger charge is 2.17. The predicted octanol–water partition coefficient (Wildman–Crippen LogP) is 5.54. The topological polar surface area (TPSA) is 17.8 Å². The van der Waals surface area contributed by atoms with E-state index in [1.165, 1.54) is 6.07 Å². The second-order valence-corrected chi connectivity index (χ2v) is 6.56. The first-order valence-corrected chi connectivity index (χ1v) is 7.79. The number of aryl methyl sites for hydroxylation is 1. The Kier molecular flexibility index (Phi) is 3.76. The predicted molar refractivity (Wildman–Crippen MR) is 87.7 cm³/mol. The molecule has 0 saturated carbocycles. The maximum absolute atomic E-state index is 13.5. The van der Waals surface area contributed by atoms with Gasteiger partial charge in [0.15, 0.2) is 0 Å². The number of hydrogen-bond donors (Lipinski definition) is 0. The van der Waals surface area contributed by atoms with Gasteiger partial charge in [0, 0.05) is 10.2 Å². The van der Waals surface area contributed by atoms with Crippen molar-refractivity contribution in [1.29, 1.82) is 0 Å². The SMILES string of the molecule is Cc1cc(-n2c(C(C)Cl)nc3cc(Br)ccc32)ccc1F. The monoisotopic (exact) mass is 366 g/mol. The smallest absolute Gasteiger partial charge is 0.132 e. The molecule has 5 heteroatoms. The van der Waals surface area contributed by atoms with Crippen LogP contribution in [-0.4, -0.2) is 9.55 Å². The number of imidazole rings is 1. The molecular weight excluding hydrogens is 355 g/mol. The molecule has 0 saturated heterocycles. The average Bonchev–Trinajstić information content (AvgIpc) is 2.80. The van der Waals surface area contributed by atoms with Gasteiger partial charge >= 0.3 is 0 Å². The van der Waals surface area contributed by atoms with Gasteiger partial charge in [-0.2, -0.15) is 0 Å². The lowest BCUT2D eigenvalue weighted by Crippen LogP contribution is -2.02. The van der Waals surface area contributed by atoms with Crippen molar-refractivity contribution in [1.82, 2.24) is 9.55 Å². The lowest BCUT2D eigenvalue weighted by atomic mass is 10.2. The van der Waals surface area contributed by atoms with Crippen LogP contribution >= 0.6 is 27.5 Å². The minimum Gasteiger partial charge on any atom is -0.295 e. The Labute approximate surface area is 135 Å². The van der Waals surface area contributed by atoms with Crippen LogP contribution in [0.2, 0.25) is 0 Å². The van der Waals surface area contributed by atoms with E-state index < -0.39 is 0 Å². The van der Waals surface area contributed by atoms with Crippen LogP contribution in [0.4, 0.5) is 4.39 Å². The third kappa shape index (κ3) is 2.58. The van der Waals surface area contributed by atoms with Gasteiger partial charge < -0.3 is 0 Å². The molecule has 0 radical (unpaired) electrons. The minimum atomic E-state index is -0.249. The van der Waals surface area contributed by atoms with E-state index in [0.717, 1.165) is 27.0 Å². The molecule has 1 atom stereocenters. The van der Waals surface area contributed by atoms with Crippen LogP contribution in [0.25, 0.3) is 16.7 Å². The maximum atomic E-state index is 13.5. The van der Waals surface area contributed by atoms with Crippen molar-refractivity contribution in [2.24, 2.45) is 0 Å². The normalized spacial score (nSPS) is 12.8. The fourth-order valence-electron chi connectivity index (χ4n) is 2.38. The number of benzene rings is 2. The molecule has 0 aliphatic heterocycles. The molecule has 0 N–H and O–H groups in total. The Bertz CT molecular complexity index is 827. The Morgan fingerprint density at radius 1 is 1.24 bits per heavy atom. The molecule has 0 bridgehead atoms. The van der Waals surface area contributed by atoms with E-state index in [2.05, 4.69) is 20.9 Å². The van der Waals surface area contributed by atoms with Gasteiger partial charge in [-0.25, -0.2) is 9.37 Å². The lowest BCUT2D eigenvalue weighted by molar-refractivity contribution is 0.618. The van der Waals surface area contributed by atoms with E-state index >= 15 is 0 Å². The first-order chi connectivity index (χ1) is 9.97. The van der Waals surface area contributed by atoms with Gasteiger partial charge in [0.1, 0.15) is 11.6 Å². The van der Waals surface area contributed by atoms with E-state index in [4.69, 9.17) is 11.6 Å². The third-order valence-electron chi connectivity index (χ3n) is 3.40. The van der Waals surface area contributed by atoms with Crippen LogP contribution in [0.1, 0.15) is 23.7 Å². The summed E-state index contributed by atoms with van der Waals surface area (Å²) in [5, 5.41) is -0.249. The van der Waals surface area contributed by atoms with Crippen molar-refractivity contribution in [3.05, 3.63) is 58.1 Å². The molecule has 2 nitrogen and oxygen atoms in total. The Hall–Kier alpha value is -1.39. The van der Waals surface area contributed by atoms with E-state index in [-0.39, 0.29) is 11.2 Å². The lowest BCUT2D eigenvalue weighted by Gasteiger charge is -2.11. The summed E-state index contributed by atoms with van der Waals surface area (Å²) in [4.78, 5) is 4.61. The Morgan fingerprint density at radius 2 is 2.00 bits per heavy atom. The largest absolute Gasteiger partial charge is 0.295 e. The van der Waals surface area contributed by atoms with Crippen LogP contribution in [0.5, 0.6) is 0 Å². The number of halogens is 3. The van der Waals surface area contributed by atoms with Crippen LogP contribution in [0.3, 0.4) is 0 Å². The highest BCUT2D eigenvalue weighted by molar-refractivity contribution is 9.10. The molecule has 1 aromatic heterocycles. The summed E-state index contributed by atoms with van der Waals surface area (Å²) in [6.45, 7) is 3.63. The van der Waals surface area contributed by atoms with Gasteiger partial charge in [-0.05, 0) is 55.8 Å². The van der Waals surface area contributed by atoms with Crippen molar-refractivity contribution in [2.75, 3.05) is 0 Å². The van der Waals surface area contributed by atoms with E-state index in [0.29, 0.717) is 5.56 Å². The number of hydrogen-bond acceptors (Lipinski definition) is 1. The molecule has 0 fully saturated rings. The molecule has 0 aliphatic rings. The van der Waals surface area contributed by atoms with E-state index in [1.807, 2.05) is 29.7 Å². The van der Waals surface area contributed by atoms with Crippen LogP contribution in [-0.2, 0) is 0 Å². The van der Waals surface area contributed by atoms with Crippen molar-refractivity contribution in [3.63, 3.8) is 0 Å². The van der Waals surface area contributed by atoms with Gasteiger partial charge in [0.25, 0.3) is 0 Å². The summed E-state index contributed by atoms with van der Waals surface area (Å²) in [5.41, 5.74) is 3.27. The van der Waals surface area contributed by atoms with Crippen LogP contribution in [0.15, 0.2) is 40.9 Å². The summed E-state index contributed by atoms with van der Waals surface area (Å²) in [6.07, 6.45) is 0. The summed E-state index contributed by atoms with van der Waals surface area (Å²) in [5.74, 6) is 0.530. The van der Waals surface area contributed by atoms with E-state index in [1.54, 1.807) is 19.1 Å². The molecule has 0 aliphatic carbocycles. The summed E-state index contributed by atoms with van der Waals surface area (Å²) in [7, 11) is 0. The van der Waals surface area contributed by atoms with Crippen molar-refractivity contribution in [3.8, 4) is 5.69 Å². The number of alkyl halides is 1. The Balaban J connectivity index is 2.33. The summed E-state index contributed by atoms with van der Waals surface area (Å²) >= 11 is 9.72. The van der Waals surface area contributed by atoms with Crippen molar-refractivity contribution >= 4 is 38.6 Å². The molecular formula is C16H13BrClFN2. The number of nitrogens with zero attached hydrogens (tertiary/aromatic N) is 2. The number of rotatable bonds is 2. The number of fused-ring (bicyclic) bond motifs is 1. The van der Waals surface area contributed by atoms with E-state index in [9.17, 15) is 4.39 Å². The molecule has 3 aromatic rings. The molecule has 0 amide bonds. The zero-order chi connectivity index (χ0) is 15.1. The average molecular weight is 368 g/mol. The molecule has 21 heavy (non-hydrogen) atoms. The highest BCUT2D eigenvalue weighted by Crippen LogP contribution is 2.30. The van der Waals surface area contributed by atoms with Gasteiger partial charge in [-0.15, -0.1) is 11.6 Å². The summed E-state index contributed by atoms with van der Waals surface area (Å²) < 4.78 is 16.4. The zero-order valence-electron chi connectivity index (χ0n) is 11.6. The summed E-state index contributed by atoms with van der Waals surface area (Å²) in [6, 6.07) is 10.9.